The maximum absolute atomic E-state index is 8.85. The van der Waals surface area contributed by atoms with Gasteiger partial charge in [-0.05, 0) is 0 Å². The molecule has 0 aliphatic carbocycles. The summed E-state index contributed by atoms with van der Waals surface area (Å²) in [7, 11) is 0. The minimum absolute atomic E-state index is 0.0682. The SMILES string of the molecule is OCCn1nnc(CO)c1CO. The quantitative estimate of drug-likeness (QED) is 0.502. The first kappa shape index (κ1) is 9.11. The van der Waals surface area contributed by atoms with E-state index in [9.17, 15) is 0 Å². The molecule has 0 unspecified atom stereocenters. The molecule has 0 saturated heterocycles. The molecule has 0 saturated carbocycles. The van der Waals surface area contributed by atoms with Crippen molar-refractivity contribution in [3.63, 3.8) is 0 Å². The van der Waals surface area contributed by atoms with Crippen LogP contribution in [0.25, 0.3) is 0 Å². The second kappa shape index (κ2) is 4.15. The van der Waals surface area contributed by atoms with E-state index in [1.54, 1.807) is 0 Å². The van der Waals surface area contributed by atoms with Gasteiger partial charge in [0.1, 0.15) is 5.69 Å². The van der Waals surface area contributed by atoms with E-state index in [-0.39, 0.29) is 26.4 Å². The lowest BCUT2D eigenvalue weighted by Gasteiger charge is -2.01. The van der Waals surface area contributed by atoms with E-state index in [4.69, 9.17) is 15.3 Å². The number of aromatic nitrogens is 3. The topological polar surface area (TPSA) is 91.4 Å². The van der Waals surface area contributed by atoms with E-state index in [0.717, 1.165) is 0 Å². The van der Waals surface area contributed by atoms with Crippen LogP contribution in [-0.4, -0.2) is 36.9 Å². The zero-order valence-corrected chi connectivity index (χ0v) is 6.51. The van der Waals surface area contributed by atoms with Gasteiger partial charge in [-0.15, -0.1) is 5.10 Å². The fourth-order valence-corrected chi connectivity index (χ4v) is 0.939. The summed E-state index contributed by atoms with van der Waals surface area (Å²) in [6, 6.07) is 0. The predicted molar refractivity (Wildman–Crippen MR) is 39.0 cm³/mol. The first-order valence-electron chi connectivity index (χ1n) is 3.57. The molecule has 0 bridgehead atoms. The lowest BCUT2D eigenvalue weighted by Crippen LogP contribution is -2.09. The van der Waals surface area contributed by atoms with Gasteiger partial charge in [-0.3, -0.25) is 0 Å². The van der Waals surface area contributed by atoms with Gasteiger partial charge < -0.3 is 15.3 Å². The van der Waals surface area contributed by atoms with Crippen LogP contribution in [-0.2, 0) is 19.8 Å². The van der Waals surface area contributed by atoms with Crippen LogP contribution in [0.5, 0.6) is 0 Å². The van der Waals surface area contributed by atoms with Gasteiger partial charge in [-0.2, -0.15) is 0 Å². The molecule has 0 aliphatic heterocycles. The molecule has 0 aliphatic rings. The molecule has 3 N–H and O–H groups in total. The molecule has 6 nitrogen and oxygen atoms in total. The maximum atomic E-state index is 8.85. The minimum Gasteiger partial charge on any atom is -0.394 e. The molecule has 0 amide bonds. The Hall–Kier alpha value is -0.980. The molecule has 68 valence electrons. The van der Waals surface area contributed by atoms with Gasteiger partial charge in [0.05, 0.1) is 32.1 Å². The first-order chi connectivity index (χ1) is 5.83. The van der Waals surface area contributed by atoms with Crippen molar-refractivity contribution in [2.75, 3.05) is 6.61 Å². The van der Waals surface area contributed by atoms with Crippen molar-refractivity contribution in [3.05, 3.63) is 11.4 Å². The zero-order chi connectivity index (χ0) is 8.97. The Bertz CT molecular complexity index is 248. The molecule has 0 aromatic carbocycles. The molecule has 1 aromatic heterocycles. The van der Waals surface area contributed by atoms with Crippen LogP contribution in [0, 0.1) is 0 Å². The molecule has 1 heterocycles. The van der Waals surface area contributed by atoms with E-state index in [1.807, 2.05) is 0 Å². The number of hydrogen-bond acceptors (Lipinski definition) is 5. The Kier molecular flexibility index (Phi) is 3.15. The number of rotatable bonds is 4. The molecular weight excluding hydrogens is 162 g/mol. The molecule has 1 aromatic rings. The molecular formula is C6H11N3O3. The standard InChI is InChI=1S/C6H11N3O3/c10-2-1-9-6(4-12)5(3-11)7-8-9/h10-12H,1-4H2. The molecule has 0 spiro atoms. The Morgan fingerprint density at radius 3 is 2.42 bits per heavy atom. The Morgan fingerprint density at radius 2 is 1.92 bits per heavy atom. The normalized spacial score (nSPS) is 10.6. The van der Waals surface area contributed by atoms with Crippen LogP contribution in [0.3, 0.4) is 0 Å². The van der Waals surface area contributed by atoms with Crippen LogP contribution >= 0.6 is 0 Å². The van der Waals surface area contributed by atoms with Gasteiger partial charge in [0, 0.05) is 0 Å². The van der Waals surface area contributed by atoms with Gasteiger partial charge in [0.2, 0.25) is 0 Å². The van der Waals surface area contributed by atoms with E-state index in [0.29, 0.717) is 11.4 Å². The maximum Gasteiger partial charge on any atom is 0.114 e. The van der Waals surface area contributed by atoms with Crippen molar-refractivity contribution < 1.29 is 15.3 Å². The van der Waals surface area contributed by atoms with Gasteiger partial charge in [-0.1, -0.05) is 5.21 Å². The average molecular weight is 173 g/mol. The largest absolute Gasteiger partial charge is 0.394 e. The summed E-state index contributed by atoms with van der Waals surface area (Å²) in [6.07, 6.45) is 0. The van der Waals surface area contributed by atoms with E-state index in [1.165, 1.54) is 4.68 Å². The second-order valence-corrected chi connectivity index (χ2v) is 2.25. The summed E-state index contributed by atoms with van der Waals surface area (Å²) < 4.78 is 1.37. The summed E-state index contributed by atoms with van der Waals surface area (Å²) >= 11 is 0. The van der Waals surface area contributed by atoms with Crippen molar-refractivity contribution in [2.24, 2.45) is 0 Å². The van der Waals surface area contributed by atoms with Gasteiger partial charge >= 0.3 is 0 Å². The lowest BCUT2D eigenvalue weighted by atomic mass is 10.3. The van der Waals surface area contributed by atoms with Crippen molar-refractivity contribution in [3.8, 4) is 0 Å². The summed E-state index contributed by atoms with van der Waals surface area (Å²) in [4.78, 5) is 0. The number of aliphatic hydroxyl groups excluding tert-OH is 3. The minimum atomic E-state index is -0.249. The lowest BCUT2D eigenvalue weighted by molar-refractivity contribution is 0.236. The summed E-state index contributed by atoms with van der Waals surface area (Å²) in [5.41, 5.74) is 0.803. The number of nitrogens with zero attached hydrogens (tertiary/aromatic N) is 3. The zero-order valence-electron chi connectivity index (χ0n) is 6.51. The molecule has 1 rings (SSSR count). The molecule has 0 fully saturated rings. The fourth-order valence-electron chi connectivity index (χ4n) is 0.939. The third-order valence-corrected chi connectivity index (χ3v) is 1.53. The molecule has 0 atom stereocenters. The van der Waals surface area contributed by atoms with Crippen molar-refractivity contribution in [2.45, 2.75) is 19.8 Å². The van der Waals surface area contributed by atoms with Gasteiger partial charge in [-0.25, -0.2) is 4.68 Å². The second-order valence-electron chi connectivity index (χ2n) is 2.25. The van der Waals surface area contributed by atoms with Crippen molar-refractivity contribution in [1.82, 2.24) is 15.0 Å². The molecule has 6 heteroatoms. The third-order valence-electron chi connectivity index (χ3n) is 1.53. The number of hydrogen-bond donors (Lipinski definition) is 3. The van der Waals surface area contributed by atoms with Crippen molar-refractivity contribution in [1.29, 1.82) is 0 Å². The summed E-state index contributed by atoms with van der Waals surface area (Å²) in [5.74, 6) is 0. The Labute approximate surface area is 69.1 Å². The van der Waals surface area contributed by atoms with Crippen LogP contribution in [0.2, 0.25) is 0 Å². The first-order valence-corrected chi connectivity index (χ1v) is 3.57. The fraction of sp³-hybridized carbons (Fsp3) is 0.667. The summed E-state index contributed by atoms with van der Waals surface area (Å²) in [6.45, 7) is -0.270. The highest BCUT2D eigenvalue weighted by Crippen LogP contribution is 2.04. The molecule has 0 radical (unpaired) electrons. The predicted octanol–water partition coefficient (Wildman–Crippen LogP) is -1.74. The Balaban J connectivity index is 2.88. The van der Waals surface area contributed by atoms with Crippen molar-refractivity contribution >= 4 is 0 Å². The van der Waals surface area contributed by atoms with E-state index >= 15 is 0 Å². The van der Waals surface area contributed by atoms with E-state index in [2.05, 4.69) is 10.3 Å². The smallest absolute Gasteiger partial charge is 0.114 e. The highest BCUT2D eigenvalue weighted by atomic mass is 16.3. The molecule has 12 heavy (non-hydrogen) atoms. The van der Waals surface area contributed by atoms with Gasteiger partial charge in [0.15, 0.2) is 0 Å². The third kappa shape index (κ3) is 1.60. The van der Waals surface area contributed by atoms with Crippen LogP contribution in [0.1, 0.15) is 11.4 Å². The highest BCUT2D eigenvalue weighted by molar-refractivity contribution is 5.07. The summed E-state index contributed by atoms with van der Waals surface area (Å²) in [5, 5.41) is 33.4. The van der Waals surface area contributed by atoms with Crippen LogP contribution < -0.4 is 0 Å². The Morgan fingerprint density at radius 1 is 1.17 bits per heavy atom. The monoisotopic (exact) mass is 173 g/mol. The van der Waals surface area contributed by atoms with Crippen LogP contribution in [0.15, 0.2) is 0 Å². The van der Waals surface area contributed by atoms with Crippen LogP contribution in [0.4, 0.5) is 0 Å². The average Bonchev–Trinajstić information content (AvgIpc) is 2.47. The van der Waals surface area contributed by atoms with Gasteiger partial charge in [0.25, 0.3) is 0 Å². The number of aliphatic hydroxyl groups is 3. The van der Waals surface area contributed by atoms with E-state index < -0.39 is 0 Å². The highest BCUT2D eigenvalue weighted by Gasteiger charge is 2.09.